The van der Waals surface area contributed by atoms with Gasteiger partial charge in [0.25, 0.3) is 0 Å². The van der Waals surface area contributed by atoms with Crippen molar-refractivity contribution in [2.45, 2.75) is 33.1 Å². The van der Waals surface area contributed by atoms with Crippen LogP contribution in [0.3, 0.4) is 0 Å². The number of likely N-dealkylation sites (N-methyl/N-ethyl adjacent to an activating group) is 1. The van der Waals surface area contributed by atoms with Gasteiger partial charge in [0, 0.05) is 18.1 Å². The predicted octanol–water partition coefficient (Wildman–Crippen LogP) is 3.17. The van der Waals surface area contributed by atoms with E-state index in [1.54, 1.807) is 4.90 Å². The maximum absolute atomic E-state index is 12.7. The molecule has 0 aliphatic carbocycles. The van der Waals surface area contributed by atoms with Crippen LogP contribution < -0.4 is 5.73 Å². The first kappa shape index (κ1) is 17.2. The minimum absolute atomic E-state index is 0.0692. The molecule has 20 heavy (non-hydrogen) atoms. The monoisotopic (exact) mass is 340 g/mol. The number of hydrogen-bond acceptors (Lipinski definition) is 2. The Labute approximate surface area is 130 Å². The van der Waals surface area contributed by atoms with Crippen molar-refractivity contribution in [3.8, 4) is 0 Å². The molecule has 0 spiro atoms. The standard InChI is InChI=1S/C16H25BrN2O/c1-15(2,10-18)11-19(5)14(20)16(3,4)12-6-8-13(17)9-7-12/h6-9H,10-11,18H2,1-5H3. The van der Waals surface area contributed by atoms with Crippen LogP contribution in [-0.2, 0) is 10.2 Å². The Kier molecular flexibility index (Phi) is 5.39. The third kappa shape index (κ3) is 4.06. The van der Waals surface area contributed by atoms with Gasteiger partial charge in [0.1, 0.15) is 0 Å². The zero-order chi connectivity index (χ0) is 15.6. The maximum atomic E-state index is 12.7. The zero-order valence-corrected chi connectivity index (χ0v) is 14.6. The van der Waals surface area contributed by atoms with Gasteiger partial charge >= 0.3 is 0 Å². The van der Waals surface area contributed by atoms with Crippen LogP contribution in [0.1, 0.15) is 33.3 Å². The molecule has 0 aliphatic heterocycles. The van der Waals surface area contributed by atoms with Gasteiger partial charge in [-0.3, -0.25) is 4.79 Å². The molecule has 1 amide bonds. The Morgan fingerprint density at radius 1 is 1.20 bits per heavy atom. The van der Waals surface area contributed by atoms with Crippen LogP contribution in [0.5, 0.6) is 0 Å². The van der Waals surface area contributed by atoms with E-state index in [9.17, 15) is 4.79 Å². The first-order valence-electron chi connectivity index (χ1n) is 6.82. The van der Waals surface area contributed by atoms with E-state index in [-0.39, 0.29) is 11.3 Å². The molecule has 0 radical (unpaired) electrons. The molecule has 1 aromatic rings. The summed E-state index contributed by atoms with van der Waals surface area (Å²) < 4.78 is 1.02. The zero-order valence-electron chi connectivity index (χ0n) is 13.0. The Hall–Kier alpha value is -0.870. The fraction of sp³-hybridized carbons (Fsp3) is 0.562. The lowest BCUT2D eigenvalue weighted by Gasteiger charge is -2.34. The molecule has 0 saturated carbocycles. The van der Waals surface area contributed by atoms with Gasteiger partial charge in [-0.1, -0.05) is 41.9 Å². The lowest BCUT2D eigenvalue weighted by Crippen LogP contribution is -2.46. The molecule has 2 N–H and O–H groups in total. The smallest absolute Gasteiger partial charge is 0.232 e. The van der Waals surface area contributed by atoms with Crippen molar-refractivity contribution in [1.29, 1.82) is 0 Å². The summed E-state index contributed by atoms with van der Waals surface area (Å²) in [7, 11) is 1.85. The van der Waals surface area contributed by atoms with Crippen molar-refractivity contribution in [2.75, 3.05) is 20.1 Å². The number of carbonyl (C=O) groups is 1. The van der Waals surface area contributed by atoms with Crippen LogP contribution in [-0.4, -0.2) is 30.9 Å². The van der Waals surface area contributed by atoms with Gasteiger partial charge in [-0.05, 0) is 43.5 Å². The third-order valence-corrected chi connectivity index (χ3v) is 4.19. The summed E-state index contributed by atoms with van der Waals surface area (Å²) in [4.78, 5) is 14.5. The molecule has 0 fully saturated rings. The SMILES string of the molecule is CN(CC(C)(C)CN)C(=O)C(C)(C)c1ccc(Br)cc1. The molecule has 0 atom stereocenters. The quantitative estimate of drug-likeness (QED) is 0.894. The highest BCUT2D eigenvalue weighted by Gasteiger charge is 2.34. The first-order valence-corrected chi connectivity index (χ1v) is 7.61. The lowest BCUT2D eigenvalue weighted by molar-refractivity contribution is -0.136. The lowest BCUT2D eigenvalue weighted by atomic mass is 9.82. The average Bonchev–Trinajstić information content (AvgIpc) is 2.37. The number of halogens is 1. The summed E-state index contributed by atoms with van der Waals surface area (Å²) in [5.74, 6) is 0.112. The second-order valence-electron chi connectivity index (χ2n) is 6.66. The largest absolute Gasteiger partial charge is 0.344 e. The molecule has 0 unspecified atom stereocenters. The van der Waals surface area contributed by atoms with Crippen LogP contribution in [0, 0.1) is 5.41 Å². The van der Waals surface area contributed by atoms with E-state index in [0.29, 0.717) is 13.1 Å². The molecule has 3 nitrogen and oxygen atoms in total. The van der Waals surface area contributed by atoms with Crippen LogP contribution in [0.25, 0.3) is 0 Å². The first-order chi connectivity index (χ1) is 9.10. The number of carbonyl (C=O) groups excluding carboxylic acids is 1. The van der Waals surface area contributed by atoms with E-state index >= 15 is 0 Å². The number of nitrogens with two attached hydrogens (primary N) is 1. The maximum Gasteiger partial charge on any atom is 0.232 e. The van der Waals surface area contributed by atoms with E-state index in [1.807, 2.05) is 45.2 Å². The minimum atomic E-state index is -0.542. The van der Waals surface area contributed by atoms with E-state index in [2.05, 4.69) is 29.8 Å². The molecule has 1 aromatic carbocycles. The molecule has 0 aliphatic rings. The molecule has 1 rings (SSSR count). The van der Waals surface area contributed by atoms with Crippen molar-refractivity contribution in [1.82, 2.24) is 4.90 Å². The summed E-state index contributed by atoms with van der Waals surface area (Å²) in [5.41, 5.74) is 6.15. The average molecular weight is 341 g/mol. The fourth-order valence-corrected chi connectivity index (χ4v) is 2.51. The van der Waals surface area contributed by atoms with E-state index in [0.717, 1.165) is 10.0 Å². The summed E-state index contributed by atoms with van der Waals surface area (Å²) in [6, 6.07) is 7.91. The molecule has 0 saturated heterocycles. The summed E-state index contributed by atoms with van der Waals surface area (Å²) in [5, 5.41) is 0. The third-order valence-electron chi connectivity index (χ3n) is 3.67. The normalized spacial score (nSPS) is 12.3. The fourth-order valence-electron chi connectivity index (χ4n) is 2.25. The summed E-state index contributed by atoms with van der Waals surface area (Å²) >= 11 is 3.42. The molecule has 4 heteroatoms. The van der Waals surface area contributed by atoms with Crippen LogP contribution in [0.15, 0.2) is 28.7 Å². The van der Waals surface area contributed by atoms with E-state index < -0.39 is 5.41 Å². The van der Waals surface area contributed by atoms with Crippen LogP contribution >= 0.6 is 15.9 Å². The Morgan fingerprint density at radius 2 is 1.70 bits per heavy atom. The number of rotatable bonds is 5. The predicted molar refractivity (Wildman–Crippen MR) is 87.6 cm³/mol. The minimum Gasteiger partial charge on any atom is -0.344 e. The van der Waals surface area contributed by atoms with Crippen molar-refractivity contribution in [3.05, 3.63) is 34.3 Å². The molecule has 0 heterocycles. The summed E-state index contributed by atoms with van der Waals surface area (Å²) in [6.45, 7) is 9.29. The van der Waals surface area contributed by atoms with Crippen LogP contribution in [0.2, 0.25) is 0 Å². The van der Waals surface area contributed by atoms with Gasteiger partial charge in [0.2, 0.25) is 5.91 Å². The molecule has 112 valence electrons. The van der Waals surface area contributed by atoms with Crippen molar-refractivity contribution in [2.24, 2.45) is 11.1 Å². The molecule has 0 bridgehead atoms. The van der Waals surface area contributed by atoms with Crippen molar-refractivity contribution < 1.29 is 4.79 Å². The molecular weight excluding hydrogens is 316 g/mol. The van der Waals surface area contributed by atoms with Gasteiger partial charge in [0.15, 0.2) is 0 Å². The second-order valence-corrected chi connectivity index (χ2v) is 7.58. The molecular formula is C16H25BrN2O. The van der Waals surface area contributed by atoms with E-state index in [1.165, 1.54) is 0 Å². The topological polar surface area (TPSA) is 46.3 Å². The van der Waals surface area contributed by atoms with Crippen molar-refractivity contribution >= 4 is 21.8 Å². The van der Waals surface area contributed by atoms with Gasteiger partial charge in [-0.25, -0.2) is 0 Å². The number of hydrogen-bond donors (Lipinski definition) is 1. The van der Waals surface area contributed by atoms with Gasteiger partial charge in [-0.2, -0.15) is 0 Å². The Bertz CT molecular complexity index is 466. The van der Waals surface area contributed by atoms with Gasteiger partial charge < -0.3 is 10.6 Å². The van der Waals surface area contributed by atoms with Crippen LogP contribution in [0.4, 0.5) is 0 Å². The number of amides is 1. The molecule has 0 aromatic heterocycles. The highest BCUT2D eigenvalue weighted by atomic mass is 79.9. The summed E-state index contributed by atoms with van der Waals surface area (Å²) in [6.07, 6.45) is 0. The highest BCUT2D eigenvalue weighted by molar-refractivity contribution is 9.10. The van der Waals surface area contributed by atoms with Gasteiger partial charge in [-0.15, -0.1) is 0 Å². The van der Waals surface area contributed by atoms with Crippen molar-refractivity contribution in [3.63, 3.8) is 0 Å². The number of benzene rings is 1. The van der Waals surface area contributed by atoms with E-state index in [4.69, 9.17) is 5.73 Å². The number of nitrogens with zero attached hydrogens (tertiary/aromatic N) is 1. The Morgan fingerprint density at radius 3 is 2.15 bits per heavy atom. The highest BCUT2D eigenvalue weighted by Crippen LogP contribution is 2.28. The Balaban J connectivity index is 2.91. The second kappa shape index (κ2) is 6.27. The van der Waals surface area contributed by atoms with Gasteiger partial charge in [0.05, 0.1) is 5.41 Å².